The van der Waals surface area contributed by atoms with E-state index >= 15 is 0 Å². The number of carbonyl (C=O) groups excluding carboxylic acids is 1. The largest absolute Gasteiger partial charge is 0.459 e. The molecule has 3 saturated heterocycles. The van der Waals surface area contributed by atoms with Gasteiger partial charge in [0.25, 0.3) is 0 Å². The zero-order valence-electron chi connectivity index (χ0n) is 30.6. The van der Waals surface area contributed by atoms with Gasteiger partial charge in [-0.15, -0.1) is 6.58 Å². The molecule has 0 radical (unpaired) electrons. The molecule has 0 aromatic heterocycles. The maximum atomic E-state index is 13.8. The van der Waals surface area contributed by atoms with Crippen LogP contribution in [0, 0.1) is 17.8 Å². The highest BCUT2D eigenvalue weighted by Crippen LogP contribution is 2.38. The Morgan fingerprint density at radius 3 is 2.38 bits per heavy atom. The van der Waals surface area contributed by atoms with Gasteiger partial charge in [0.1, 0.15) is 23.9 Å². The summed E-state index contributed by atoms with van der Waals surface area (Å²) in [6.45, 7) is 24.9. The number of aliphatic hydroxyl groups is 3. The van der Waals surface area contributed by atoms with Gasteiger partial charge in [0.15, 0.2) is 6.29 Å². The molecule has 3 rings (SSSR count). The normalized spacial score (nSPS) is 46.2. The number of aliphatic hydroxyl groups excluding tert-OH is 2. The van der Waals surface area contributed by atoms with Gasteiger partial charge in [0.2, 0.25) is 0 Å². The van der Waals surface area contributed by atoms with Crippen LogP contribution in [0.2, 0.25) is 0 Å². The molecule has 47 heavy (non-hydrogen) atoms. The average molecular weight is 669 g/mol. The highest BCUT2D eigenvalue weighted by Gasteiger charge is 2.52. The summed E-state index contributed by atoms with van der Waals surface area (Å²) in [5.74, 6) is -2.35. The minimum Gasteiger partial charge on any atom is -0.459 e. The van der Waals surface area contributed by atoms with Crippen LogP contribution in [0.3, 0.4) is 0 Å². The fourth-order valence-corrected chi connectivity index (χ4v) is 8.04. The number of esters is 1. The van der Waals surface area contributed by atoms with Crippen LogP contribution in [0.1, 0.15) is 74.7 Å². The lowest BCUT2D eigenvalue weighted by Crippen LogP contribution is -2.61. The molecule has 2 bridgehead atoms. The lowest BCUT2D eigenvalue weighted by atomic mass is 9.78. The minimum atomic E-state index is -1.48. The van der Waals surface area contributed by atoms with Crippen molar-refractivity contribution in [2.24, 2.45) is 17.8 Å². The zero-order valence-corrected chi connectivity index (χ0v) is 30.6. The number of hydrogen-bond donors (Lipinski definition) is 3. The van der Waals surface area contributed by atoms with Crippen molar-refractivity contribution in [3.8, 4) is 0 Å². The number of nitrogens with zero attached hydrogens (tertiary/aromatic N) is 2. The summed E-state index contributed by atoms with van der Waals surface area (Å²) < 4.78 is 31.8. The van der Waals surface area contributed by atoms with E-state index in [2.05, 4.69) is 31.9 Å². The number of ether oxygens (including phenoxy) is 5. The summed E-state index contributed by atoms with van der Waals surface area (Å²) in [6, 6.07) is -0.390. The first-order chi connectivity index (χ1) is 21.9. The number of cyclic esters (lactones) is 1. The van der Waals surface area contributed by atoms with E-state index in [0.717, 1.165) is 5.57 Å². The molecule has 0 aromatic rings. The van der Waals surface area contributed by atoms with Crippen molar-refractivity contribution < 1.29 is 43.8 Å². The Morgan fingerprint density at radius 2 is 1.79 bits per heavy atom. The van der Waals surface area contributed by atoms with E-state index in [1.54, 1.807) is 26.8 Å². The Labute approximate surface area is 283 Å². The molecule has 0 spiro atoms. The van der Waals surface area contributed by atoms with E-state index in [1.165, 1.54) is 0 Å². The van der Waals surface area contributed by atoms with Crippen molar-refractivity contribution >= 4 is 5.97 Å². The van der Waals surface area contributed by atoms with Gasteiger partial charge in [-0.1, -0.05) is 33.4 Å². The number of hydrogen-bond acceptors (Lipinski definition) is 11. The topological polar surface area (TPSA) is 130 Å². The summed E-state index contributed by atoms with van der Waals surface area (Å²) in [7, 11) is 3.80. The van der Waals surface area contributed by atoms with Crippen molar-refractivity contribution in [1.29, 1.82) is 0 Å². The Bertz CT molecular complexity index is 1060. The first-order valence-electron chi connectivity index (χ1n) is 17.4. The quantitative estimate of drug-likeness (QED) is 0.273. The number of likely N-dealkylation sites (N-methyl/N-ethyl adjacent to an activating group) is 1. The molecular weight excluding hydrogens is 604 g/mol. The van der Waals surface area contributed by atoms with Crippen molar-refractivity contribution in [2.45, 2.75) is 141 Å². The molecular formula is C36H64N2O9. The highest BCUT2D eigenvalue weighted by molar-refractivity contribution is 5.73. The standard InChI is InChI=1S/C36H64N2O9/c1-13-15-44-36(10)28(14-2)46-33(41)25(7)29(39)24(6)31(47-34-30(40)27(37(11)12)16-23(5)45-34)35(9,42)17-21(3)18-38-19-22(4)20-43-32(36)26(38)8/h13,21,23-32,34,39-40,42H,1,4,14-20H2,2-3,5-12H3/t21-,23-,24+,25-,26-,27+,28-,29+,30-,31-,32+,34+,35-,36-/m1/s1. The van der Waals surface area contributed by atoms with E-state index in [-0.39, 0.29) is 30.7 Å². The van der Waals surface area contributed by atoms with Crippen LogP contribution in [-0.4, -0.2) is 138 Å². The highest BCUT2D eigenvalue weighted by atomic mass is 16.7. The summed E-state index contributed by atoms with van der Waals surface area (Å²) >= 11 is 0. The molecule has 0 aliphatic carbocycles. The molecule has 3 aliphatic heterocycles. The fourth-order valence-electron chi connectivity index (χ4n) is 8.04. The van der Waals surface area contributed by atoms with Crippen LogP contribution in [0.25, 0.3) is 0 Å². The maximum Gasteiger partial charge on any atom is 0.311 e. The Hall–Kier alpha value is -1.41. The lowest BCUT2D eigenvalue weighted by molar-refractivity contribution is -0.299. The average Bonchev–Trinajstić information content (AvgIpc) is 3.13. The molecule has 3 N–H and O–H groups in total. The molecule has 3 heterocycles. The lowest BCUT2D eigenvalue weighted by Gasteiger charge is -2.46. The van der Waals surface area contributed by atoms with Gasteiger partial charge in [0.05, 0.1) is 43.0 Å². The molecule has 1 unspecified atom stereocenters. The summed E-state index contributed by atoms with van der Waals surface area (Å²) in [5.41, 5.74) is -1.61. The smallest absolute Gasteiger partial charge is 0.311 e. The van der Waals surface area contributed by atoms with E-state index in [0.29, 0.717) is 39.0 Å². The maximum absolute atomic E-state index is 13.8. The van der Waals surface area contributed by atoms with Gasteiger partial charge in [-0.05, 0) is 79.5 Å². The van der Waals surface area contributed by atoms with Gasteiger partial charge < -0.3 is 43.9 Å². The van der Waals surface area contributed by atoms with Crippen LogP contribution in [0.15, 0.2) is 24.8 Å². The molecule has 11 heteroatoms. The monoisotopic (exact) mass is 668 g/mol. The van der Waals surface area contributed by atoms with Gasteiger partial charge in [0, 0.05) is 31.1 Å². The molecule has 0 saturated carbocycles. The number of carbonyl (C=O) groups is 1. The zero-order chi connectivity index (χ0) is 35.4. The van der Waals surface area contributed by atoms with Crippen molar-refractivity contribution in [1.82, 2.24) is 9.80 Å². The van der Waals surface area contributed by atoms with Crippen LogP contribution in [0.4, 0.5) is 0 Å². The summed E-state index contributed by atoms with van der Waals surface area (Å²) in [6.07, 6.45) is -2.63. The van der Waals surface area contributed by atoms with Gasteiger partial charge in [-0.25, -0.2) is 0 Å². The molecule has 3 fully saturated rings. The van der Waals surface area contributed by atoms with Crippen LogP contribution in [0.5, 0.6) is 0 Å². The SMILES string of the molecule is C=CCO[C@]1(C)[C@@H](CC)OC(=O)[C@H](C)[C@@H](O)[C@H](C)[C@@H](O[C@@H]2O[C@H](C)C[C@H](N(C)C)[C@H]2O)[C@](C)(O)C[C@@H](C)CN2CC(=C)CO[C@H]1[C@H]2C. The number of fused-ring (bicyclic) bond motifs is 2. The first-order valence-corrected chi connectivity index (χ1v) is 17.4. The fraction of sp³-hybridized carbons (Fsp3) is 0.861. The van der Waals surface area contributed by atoms with Gasteiger partial charge in [-0.3, -0.25) is 9.69 Å². The van der Waals surface area contributed by atoms with Crippen LogP contribution < -0.4 is 0 Å². The first kappa shape index (κ1) is 40.0. The predicted molar refractivity (Wildman–Crippen MR) is 181 cm³/mol. The van der Waals surface area contributed by atoms with E-state index in [1.807, 2.05) is 39.8 Å². The van der Waals surface area contributed by atoms with E-state index in [4.69, 9.17) is 23.7 Å². The summed E-state index contributed by atoms with van der Waals surface area (Å²) in [4.78, 5) is 18.1. The van der Waals surface area contributed by atoms with Crippen LogP contribution in [-0.2, 0) is 28.5 Å². The summed E-state index contributed by atoms with van der Waals surface area (Å²) in [5, 5.41) is 35.3. The Kier molecular flexibility index (Phi) is 14.1. The predicted octanol–water partition coefficient (Wildman–Crippen LogP) is 3.15. The van der Waals surface area contributed by atoms with Crippen molar-refractivity contribution in [3.63, 3.8) is 0 Å². The molecule has 3 aliphatic rings. The second-order valence-electron chi connectivity index (χ2n) is 15.2. The Morgan fingerprint density at radius 1 is 1.13 bits per heavy atom. The third-order valence-corrected chi connectivity index (χ3v) is 10.6. The third-order valence-electron chi connectivity index (χ3n) is 10.6. The molecule has 15 atom stereocenters. The van der Waals surface area contributed by atoms with Gasteiger partial charge >= 0.3 is 5.97 Å². The molecule has 0 amide bonds. The third kappa shape index (κ3) is 9.23. The second kappa shape index (κ2) is 16.5. The Balaban J connectivity index is 2.09. The van der Waals surface area contributed by atoms with Crippen molar-refractivity contribution in [3.05, 3.63) is 24.8 Å². The molecule has 272 valence electrons. The molecule has 0 aromatic carbocycles. The number of rotatable bonds is 7. The second-order valence-corrected chi connectivity index (χ2v) is 15.2. The van der Waals surface area contributed by atoms with Crippen molar-refractivity contribution in [2.75, 3.05) is 40.4 Å². The van der Waals surface area contributed by atoms with Crippen LogP contribution >= 0.6 is 0 Å². The minimum absolute atomic E-state index is 0.0390. The van der Waals surface area contributed by atoms with E-state index in [9.17, 15) is 20.1 Å². The molecule has 11 nitrogen and oxygen atoms in total. The van der Waals surface area contributed by atoms with Gasteiger partial charge in [-0.2, -0.15) is 0 Å². The van der Waals surface area contributed by atoms with E-state index < -0.39 is 65.8 Å².